The summed E-state index contributed by atoms with van der Waals surface area (Å²) < 4.78 is 29.0. The fraction of sp³-hybridized carbons (Fsp3) is 0.364. The van der Waals surface area contributed by atoms with Crippen LogP contribution in [-0.2, 0) is 9.84 Å². The van der Waals surface area contributed by atoms with Gasteiger partial charge in [0.1, 0.15) is 5.75 Å². The molecule has 0 saturated heterocycles. The standard InChI is InChI=1S/C22H24N2O6S/c1-31(28,29)18-8-6-17(7-9-18)30-14-22(10-19(25)20(26)11-22)13-24-21(27)16-4-2-15(12-23)3-5-16/h2-9,19-20,25-26H,10-11,13-14H2,1H3,(H,24,27)/t19-,20+,22?. The highest BCUT2D eigenvalue weighted by Gasteiger charge is 2.45. The molecular weight excluding hydrogens is 420 g/mol. The van der Waals surface area contributed by atoms with Crippen LogP contribution in [0.5, 0.6) is 5.75 Å². The van der Waals surface area contributed by atoms with Crippen LogP contribution in [0.15, 0.2) is 53.4 Å². The van der Waals surface area contributed by atoms with Crippen LogP contribution in [0.2, 0.25) is 0 Å². The number of carbonyl (C=O) groups excluding carboxylic acids is 1. The van der Waals surface area contributed by atoms with Gasteiger partial charge in [-0.1, -0.05) is 0 Å². The Labute approximate surface area is 181 Å². The molecule has 1 fully saturated rings. The second kappa shape index (κ2) is 9.06. The maximum atomic E-state index is 12.5. The summed E-state index contributed by atoms with van der Waals surface area (Å²) in [7, 11) is -3.31. The molecule has 0 heterocycles. The number of amides is 1. The zero-order chi connectivity index (χ0) is 22.6. The van der Waals surface area contributed by atoms with Gasteiger partial charge >= 0.3 is 0 Å². The number of hydrogen-bond acceptors (Lipinski definition) is 7. The van der Waals surface area contributed by atoms with Crippen molar-refractivity contribution >= 4 is 15.7 Å². The highest BCUT2D eigenvalue weighted by Crippen LogP contribution is 2.39. The molecule has 0 aliphatic heterocycles. The van der Waals surface area contributed by atoms with Gasteiger partial charge in [0.15, 0.2) is 9.84 Å². The molecule has 164 valence electrons. The van der Waals surface area contributed by atoms with E-state index in [2.05, 4.69) is 5.32 Å². The third kappa shape index (κ3) is 5.61. The smallest absolute Gasteiger partial charge is 0.251 e. The first kappa shape index (κ1) is 22.7. The summed E-state index contributed by atoms with van der Waals surface area (Å²) in [5.41, 5.74) is 0.146. The number of rotatable bonds is 7. The van der Waals surface area contributed by atoms with Crippen molar-refractivity contribution in [1.29, 1.82) is 5.26 Å². The highest BCUT2D eigenvalue weighted by atomic mass is 32.2. The first-order valence-electron chi connectivity index (χ1n) is 9.69. The summed E-state index contributed by atoms with van der Waals surface area (Å²) in [4.78, 5) is 12.7. The lowest BCUT2D eigenvalue weighted by Crippen LogP contribution is -2.40. The number of carbonyl (C=O) groups is 1. The van der Waals surface area contributed by atoms with Crippen LogP contribution in [0.1, 0.15) is 28.8 Å². The lowest BCUT2D eigenvalue weighted by atomic mass is 9.86. The van der Waals surface area contributed by atoms with E-state index >= 15 is 0 Å². The van der Waals surface area contributed by atoms with Gasteiger partial charge in [0.2, 0.25) is 0 Å². The predicted molar refractivity (Wildman–Crippen MR) is 112 cm³/mol. The number of sulfone groups is 1. The number of hydrogen-bond donors (Lipinski definition) is 3. The largest absolute Gasteiger partial charge is 0.493 e. The van der Waals surface area contributed by atoms with Crippen molar-refractivity contribution in [3.8, 4) is 11.8 Å². The third-order valence-corrected chi connectivity index (χ3v) is 6.55. The zero-order valence-electron chi connectivity index (χ0n) is 17.0. The Morgan fingerprint density at radius 2 is 1.71 bits per heavy atom. The fourth-order valence-electron chi connectivity index (χ4n) is 3.64. The van der Waals surface area contributed by atoms with Crippen LogP contribution < -0.4 is 10.1 Å². The van der Waals surface area contributed by atoms with Gasteiger partial charge in [-0.3, -0.25) is 4.79 Å². The SMILES string of the molecule is CS(=O)(=O)c1ccc(OCC2(CNC(=O)c3ccc(C#N)cc3)C[C@@H](O)[C@@H](O)C2)cc1. The number of benzene rings is 2. The average molecular weight is 445 g/mol. The Bertz CT molecular complexity index is 1060. The number of nitriles is 1. The molecule has 3 atom stereocenters. The summed E-state index contributed by atoms with van der Waals surface area (Å²) in [6.45, 7) is 0.286. The van der Waals surface area contributed by atoms with Crippen molar-refractivity contribution in [2.75, 3.05) is 19.4 Å². The monoisotopic (exact) mass is 444 g/mol. The van der Waals surface area contributed by atoms with E-state index in [1.165, 1.54) is 12.1 Å². The molecule has 2 aromatic carbocycles. The lowest BCUT2D eigenvalue weighted by molar-refractivity contribution is 0.0438. The van der Waals surface area contributed by atoms with Crippen LogP contribution in [0.4, 0.5) is 0 Å². The molecule has 0 aromatic heterocycles. The van der Waals surface area contributed by atoms with E-state index in [1.807, 2.05) is 6.07 Å². The predicted octanol–water partition coefficient (Wildman–Crippen LogP) is 1.27. The van der Waals surface area contributed by atoms with Crippen molar-refractivity contribution in [3.63, 3.8) is 0 Å². The van der Waals surface area contributed by atoms with Gasteiger partial charge in [-0.25, -0.2) is 8.42 Å². The van der Waals surface area contributed by atoms with Gasteiger partial charge in [-0.15, -0.1) is 0 Å². The van der Waals surface area contributed by atoms with E-state index in [1.54, 1.807) is 36.4 Å². The Morgan fingerprint density at radius 3 is 2.23 bits per heavy atom. The van der Waals surface area contributed by atoms with Gasteiger partial charge < -0.3 is 20.3 Å². The summed E-state index contributed by atoms with van der Waals surface area (Å²) in [6.07, 6.45) is -0.256. The molecule has 1 unspecified atom stereocenters. The van der Waals surface area contributed by atoms with Crippen LogP contribution in [-0.4, -0.2) is 56.2 Å². The van der Waals surface area contributed by atoms with Gasteiger partial charge in [0.25, 0.3) is 5.91 Å². The van der Waals surface area contributed by atoms with Crippen molar-refractivity contribution in [2.24, 2.45) is 5.41 Å². The number of aliphatic hydroxyl groups excluding tert-OH is 2. The van der Waals surface area contributed by atoms with Crippen LogP contribution in [0.25, 0.3) is 0 Å². The van der Waals surface area contributed by atoms with E-state index in [0.717, 1.165) is 6.26 Å². The normalized spacial score (nSPS) is 23.2. The second-order valence-electron chi connectivity index (χ2n) is 7.95. The van der Waals surface area contributed by atoms with E-state index < -0.39 is 27.5 Å². The van der Waals surface area contributed by atoms with Crippen molar-refractivity contribution in [1.82, 2.24) is 5.32 Å². The second-order valence-corrected chi connectivity index (χ2v) is 9.96. The molecule has 1 saturated carbocycles. The molecule has 0 spiro atoms. The van der Waals surface area contributed by atoms with E-state index in [9.17, 15) is 23.4 Å². The molecule has 2 aromatic rings. The Kier molecular flexibility index (Phi) is 6.65. The molecule has 0 radical (unpaired) electrons. The minimum atomic E-state index is -3.31. The average Bonchev–Trinajstić information content (AvgIpc) is 3.04. The van der Waals surface area contributed by atoms with E-state index in [0.29, 0.717) is 16.9 Å². The molecular formula is C22H24N2O6S. The minimum absolute atomic E-state index is 0.118. The van der Waals surface area contributed by atoms with Crippen LogP contribution in [0.3, 0.4) is 0 Å². The number of ether oxygens (including phenoxy) is 1. The summed E-state index contributed by atoms with van der Waals surface area (Å²) in [6, 6.07) is 14.2. The van der Waals surface area contributed by atoms with E-state index in [-0.39, 0.29) is 36.8 Å². The van der Waals surface area contributed by atoms with Crippen molar-refractivity contribution in [3.05, 3.63) is 59.7 Å². The molecule has 3 rings (SSSR count). The molecule has 31 heavy (non-hydrogen) atoms. The topological polar surface area (TPSA) is 137 Å². The molecule has 1 aliphatic carbocycles. The number of aliphatic hydroxyl groups is 2. The summed E-state index contributed by atoms with van der Waals surface area (Å²) >= 11 is 0. The molecule has 0 bridgehead atoms. The van der Waals surface area contributed by atoms with Gasteiger partial charge in [-0.05, 0) is 61.4 Å². The van der Waals surface area contributed by atoms with Crippen molar-refractivity contribution in [2.45, 2.75) is 29.9 Å². The molecule has 1 amide bonds. The molecule has 8 nitrogen and oxygen atoms in total. The highest BCUT2D eigenvalue weighted by molar-refractivity contribution is 7.90. The first-order valence-corrected chi connectivity index (χ1v) is 11.6. The van der Waals surface area contributed by atoms with E-state index in [4.69, 9.17) is 10.00 Å². The van der Waals surface area contributed by atoms with Crippen LogP contribution in [0, 0.1) is 16.7 Å². The zero-order valence-corrected chi connectivity index (χ0v) is 17.8. The Morgan fingerprint density at radius 1 is 1.13 bits per heavy atom. The van der Waals surface area contributed by atoms with Gasteiger partial charge in [-0.2, -0.15) is 5.26 Å². The molecule has 9 heteroatoms. The van der Waals surface area contributed by atoms with Crippen molar-refractivity contribution < 1.29 is 28.2 Å². The fourth-order valence-corrected chi connectivity index (χ4v) is 4.27. The Hall–Kier alpha value is -2.93. The number of nitrogens with one attached hydrogen (secondary N) is 1. The number of nitrogens with zero attached hydrogens (tertiary/aromatic N) is 1. The lowest BCUT2D eigenvalue weighted by Gasteiger charge is -2.29. The molecule has 3 N–H and O–H groups in total. The summed E-state index contributed by atoms with van der Waals surface area (Å²) in [5.74, 6) is 0.110. The van der Waals surface area contributed by atoms with Gasteiger partial charge in [0, 0.05) is 23.8 Å². The summed E-state index contributed by atoms with van der Waals surface area (Å²) in [5, 5.41) is 31.8. The van der Waals surface area contributed by atoms with Gasteiger partial charge in [0.05, 0.1) is 35.3 Å². The quantitative estimate of drug-likeness (QED) is 0.585. The Balaban J connectivity index is 1.68. The first-order chi connectivity index (χ1) is 14.6. The molecule has 1 aliphatic rings. The van der Waals surface area contributed by atoms with Crippen LogP contribution >= 0.6 is 0 Å². The minimum Gasteiger partial charge on any atom is -0.493 e. The third-order valence-electron chi connectivity index (χ3n) is 5.43. The maximum absolute atomic E-state index is 12.5. The maximum Gasteiger partial charge on any atom is 0.251 e.